The lowest BCUT2D eigenvalue weighted by molar-refractivity contribution is 0.468. The molecule has 0 saturated heterocycles. The smallest absolute Gasteiger partial charge is 0.127 e. The van der Waals surface area contributed by atoms with Crippen LogP contribution in [0.5, 0.6) is 5.75 Å². The maximum absolute atomic E-state index is 13.1. The van der Waals surface area contributed by atoms with Crippen LogP contribution >= 0.6 is 0 Å². The van der Waals surface area contributed by atoms with Crippen LogP contribution in [0.1, 0.15) is 17.0 Å². The van der Waals surface area contributed by atoms with E-state index in [1.165, 1.54) is 12.1 Å². The number of anilines is 1. The number of phenols is 1. The van der Waals surface area contributed by atoms with Gasteiger partial charge in [-0.05, 0) is 43.7 Å². The Hall–Kier alpha value is -2.10. The van der Waals surface area contributed by atoms with Crippen molar-refractivity contribution in [3.05, 3.63) is 53.1 Å². The first-order chi connectivity index (χ1) is 8.54. The largest absolute Gasteiger partial charge is 0.508 e. The van der Waals surface area contributed by atoms with E-state index in [-0.39, 0.29) is 5.75 Å². The van der Waals surface area contributed by atoms with Gasteiger partial charge in [0.15, 0.2) is 0 Å². The van der Waals surface area contributed by atoms with E-state index in [4.69, 9.17) is 0 Å². The number of rotatable bonds is 3. The number of aromatic hydroxyl groups is 1. The Morgan fingerprint density at radius 1 is 1.22 bits per heavy atom. The predicted molar refractivity (Wildman–Crippen MR) is 69.1 cm³/mol. The Kier molecular flexibility index (Phi) is 3.46. The summed E-state index contributed by atoms with van der Waals surface area (Å²) >= 11 is 0. The molecule has 0 atom stereocenters. The summed E-state index contributed by atoms with van der Waals surface area (Å²) in [7, 11) is 0. The normalized spacial score (nSPS) is 10.4. The topological polar surface area (TPSA) is 45.1 Å². The molecule has 0 bridgehead atoms. The lowest BCUT2D eigenvalue weighted by atomic mass is 10.2. The molecule has 2 N–H and O–H groups in total. The Labute approximate surface area is 105 Å². The molecule has 4 heteroatoms. The van der Waals surface area contributed by atoms with E-state index < -0.39 is 5.82 Å². The molecule has 0 amide bonds. The number of halogens is 1. The van der Waals surface area contributed by atoms with Crippen molar-refractivity contribution in [3.8, 4) is 5.75 Å². The monoisotopic (exact) mass is 246 g/mol. The highest BCUT2D eigenvalue weighted by atomic mass is 19.1. The molecule has 0 fully saturated rings. The zero-order chi connectivity index (χ0) is 13.1. The highest BCUT2D eigenvalue weighted by Gasteiger charge is 2.02. The summed E-state index contributed by atoms with van der Waals surface area (Å²) < 4.78 is 13.1. The zero-order valence-electron chi connectivity index (χ0n) is 10.4. The lowest BCUT2D eigenvalue weighted by Gasteiger charge is -2.10. The van der Waals surface area contributed by atoms with Gasteiger partial charge in [0, 0.05) is 18.3 Å². The third-order valence-electron chi connectivity index (χ3n) is 2.65. The Bertz CT molecular complexity index is 549. The molecular weight excluding hydrogens is 231 g/mol. The van der Waals surface area contributed by atoms with Gasteiger partial charge in [-0.1, -0.05) is 0 Å². The van der Waals surface area contributed by atoms with Gasteiger partial charge in [0.1, 0.15) is 11.6 Å². The molecule has 94 valence electrons. The summed E-state index contributed by atoms with van der Waals surface area (Å²) in [5, 5.41) is 12.5. The fourth-order valence-electron chi connectivity index (χ4n) is 1.81. The summed E-state index contributed by atoms with van der Waals surface area (Å²) in [5.74, 6) is -0.504. The molecule has 0 aliphatic rings. The van der Waals surface area contributed by atoms with Crippen molar-refractivity contribution < 1.29 is 9.50 Å². The van der Waals surface area contributed by atoms with Crippen molar-refractivity contribution >= 4 is 5.69 Å². The maximum Gasteiger partial charge on any atom is 0.127 e. The van der Waals surface area contributed by atoms with Crippen molar-refractivity contribution in [1.29, 1.82) is 0 Å². The lowest BCUT2D eigenvalue weighted by Crippen LogP contribution is -2.03. The molecule has 0 unspecified atom stereocenters. The molecule has 2 rings (SSSR count). The minimum absolute atomic E-state index is 0.0643. The van der Waals surface area contributed by atoms with E-state index in [2.05, 4.69) is 10.3 Å². The van der Waals surface area contributed by atoms with Crippen molar-refractivity contribution in [2.45, 2.75) is 20.4 Å². The van der Waals surface area contributed by atoms with Crippen LogP contribution in [0.25, 0.3) is 0 Å². The van der Waals surface area contributed by atoms with Crippen molar-refractivity contribution in [2.24, 2.45) is 0 Å². The molecule has 1 aromatic carbocycles. The molecular formula is C14H15FN2O. The van der Waals surface area contributed by atoms with Crippen LogP contribution < -0.4 is 5.32 Å². The fraction of sp³-hybridized carbons (Fsp3) is 0.214. The molecule has 0 saturated carbocycles. The molecule has 3 nitrogen and oxygen atoms in total. The zero-order valence-corrected chi connectivity index (χ0v) is 10.4. The summed E-state index contributed by atoms with van der Waals surface area (Å²) in [4.78, 5) is 4.33. The average Bonchev–Trinajstić information content (AvgIpc) is 2.26. The minimum atomic E-state index is -0.439. The summed E-state index contributed by atoms with van der Waals surface area (Å²) in [5.41, 5.74) is 3.45. The molecule has 0 radical (unpaired) electrons. The molecule has 2 aromatic rings. The second-order valence-corrected chi connectivity index (χ2v) is 4.26. The first-order valence-electron chi connectivity index (χ1n) is 5.71. The highest BCUT2D eigenvalue weighted by Crippen LogP contribution is 2.17. The van der Waals surface area contributed by atoms with E-state index in [0.717, 1.165) is 23.1 Å². The van der Waals surface area contributed by atoms with Gasteiger partial charge in [-0.25, -0.2) is 4.39 Å². The maximum atomic E-state index is 13.1. The number of nitrogens with one attached hydrogen (secondary N) is 1. The average molecular weight is 246 g/mol. The first kappa shape index (κ1) is 12.4. The fourth-order valence-corrected chi connectivity index (χ4v) is 1.81. The number of pyridine rings is 1. The van der Waals surface area contributed by atoms with Gasteiger partial charge in [-0.15, -0.1) is 0 Å². The van der Waals surface area contributed by atoms with E-state index in [9.17, 15) is 9.50 Å². The van der Waals surface area contributed by atoms with E-state index >= 15 is 0 Å². The third-order valence-corrected chi connectivity index (χ3v) is 2.65. The highest BCUT2D eigenvalue weighted by molar-refractivity contribution is 5.48. The molecule has 0 spiro atoms. The van der Waals surface area contributed by atoms with Crippen LogP contribution in [0, 0.1) is 19.7 Å². The number of aromatic nitrogens is 1. The van der Waals surface area contributed by atoms with Crippen LogP contribution in [0.15, 0.2) is 30.3 Å². The number of hydrogen-bond donors (Lipinski definition) is 2. The Morgan fingerprint density at radius 3 is 2.67 bits per heavy atom. The van der Waals surface area contributed by atoms with Gasteiger partial charge < -0.3 is 10.4 Å². The number of nitrogens with zero attached hydrogens (tertiary/aromatic N) is 1. The molecule has 18 heavy (non-hydrogen) atoms. The molecule has 0 aliphatic carbocycles. The summed E-state index contributed by atoms with van der Waals surface area (Å²) in [6.07, 6.45) is 0. The quantitative estimate of drug-likeness (QED) is 0.874. The number of benzene rings is 1. The first-order valence-corrected chi connectivity index (χ1v) is 5.71. The van der Waals surface area contributed by atoms with Gasteiger partial charge >= 0.3 is 0 Å². The van der Waals surface area contributed by atoms with Crippen LogP contribution in [0.3, 0.4) is 0 Å². The summed E-state index contributed by atoms with van der Waals surface area (Å²) in [6.45, 7) is 4.29. The second kappa shape index (κ2) is 5.04. The Morgan fingerprint density at radius 2 is 2.00 bits per heavy atom. The van der Waals surface area contributed by atoms with Gasteiger partial charge in [-0.3, -0.25) is 4.98 Å². The van der Waals surface area contributed by atoms with Crippen LogP contribution in [-0.2, 0) is 6.54 Å². The number of hydrogen-bond acceptors (Lipinski definition) is 3. The van der Waals surface area contributed by atoms with Gasteiger partial charge in [0.2, 0.25) is 0 Å². The van der Waals surface area contributed by atoms with Crippen molar-refractivity contribution in [1.82, 2.24) is 4.98 Å². The van der Waals surface area contributed by atoms with Gasteiger partial charge in [-0.2, -0.15) is 0 Å². The standard InChI is InChI=1S/C14H15FN2O/c1-9-3-4-14(10(2)17-9)16-8-11-5-12(15)7-13(18)6-11/h3-7,16,18H,8H2,1-2H3. The SMILES string of the molecule is Cc1ccc(NCc2cc(O)cc(F)c2)c(C)n1. The molecule has 0 aliphatic heterocycles. The Balaban J connectivity index is 2.11. The molecule has 1 heterocycles. The van der Waals surface area contributed by atoms with Gasteiger partial charge in [0.05, 0.1) is 11.4 Å². The van der Waals surface area contributed by atoms with E-state index in [0.29, 0.717) is 12.1 Å². The van der Waals surface area contributed by atoms with Crippen molar-refractivity contribution in [2.75, 3.05) is 5.32 Å². The van der Waals surface area contributed by atoms with E-state index in [1.54, 1.807) is 0 Å². The summed E-state index contributed by atoms with van der Waals surface area (Å²) in [6, 6.07) is 7.87. The minimum Gasteiger partial charge on any atom is -0.508 e. The predicted octanol–water partition coefficient (Wildman–Crippen LogP) is 3.16. The number of phenolic OH excluding ortho intramolecular Hbond substituents is 1. The second-order valence-electron chi connectivity index (χ2n) is 4.26. The van der Waals surface area contributed by atoms with Crippen LogP contribution in [-0.4, -0.2) is 10.1 Å². The van der Waals surface area contributed by atoms with Gasteiger partial charge in [0.25, 0.3) is 0 Å². The van der Waals surface area contributed by atoms with E-state index in [1.807, 2.05) is 26.0 Å². The molecule has 1 aromatic heterocycles. The van der Waals surface area contributed by atoms with Crippen LogP contribution in [0.4, 0.5) is 10.1 Å². The third kappa shape index (κ3) is 2.97. The van der Waals surface area contributed by atoms with Crippen LogP contribution in [0.2, 0.25) is 0 Å². The van der Waals surface area contributed by atoms with Crippen molar-refractivity contribution in [3.63, 3.8) is 0 Å². The number of aryl methyl sites for hydroxylation is 2.